The van der Waals surface area contributed by atoms with Gasteiger partial charge in [0.25, 0.3) is 0 Å². The van der Waals surface area contributed by atoms with E-state index in [-0.39, 0.29) is 35.2 Å². The first-order chi connectivity index (χ1) is 20.2. The zero-order valence-electron chi connectivity index (χ0n) is 23.5. The second-order valence-electron chi connectivity index (χ2n) is 10.00. The predicted octanol–water partition coefficient (Wildman–Crippen LogP) is 5.46. The van der Waals surface area contributed by atoms with Crippen LogP contribution < -0.4 is 14.2 Å². The van der Waals surface area contributed by atoms with Crippen molar-refractivity contribution in [3.63, 3.8) is 0 Å². The molecule has 0 radical (unpaired) electrons. The van der Waals surface area contributed by atoms with E-state index in [4.69, 9.17) is 19.2 Å². The number of aromatic nitrogens is 3. The van der Waals surface area contributed by atoms with Crippen LogP contribution in [0.5, 0.6) is 17.4 Å². The molecule has 3 heterocycles. The number of benzene rings is 2. The minimum absolute atomic E-state index is 0.103. The van der Waals surface area contributed by atoms with Crippen LogP contribution in [-0.4, -0.2) is 59.3 Å². The van der Waals surface area contributed by atoms with Crippen molar-refractivity contribution in [1.29, 1.82) is 0 Å². The summed E-state index contributed by atoms with van der Waals surface area (Å²) in [4.78, 5) is 23.7. The Bertz CT molecular complexity index is 1570. The first-order valence-electron chi connectivity index (χ1n) is 13.4. The largest absolute Gasteiger partial charge is 0.496 e. The molecule has 0 N–H and O–H groups in total. The standard InChI is InChI=1S/C30H31F3N4O5/c1-36-23-13-20(29(38)40-3)14-25(42-30(32)33)28(23)35-26(36)16-37-11-9-18(10-12-37)22-5-4-6-27(34-22)41-17-19-7-8-21(31)15-24(19)39-2/h4-8,13-15,18,30H,9-12,16-17H2,1-3H3. The molecule has 1 aliphatic heterocycles. The van der Waals surface area contributed by atoms with Gasteiger partial charge >= 0.3 is 12.6 Å². The fraction of sp³-hybridized carbons (Fsp3) is 0.367. The highest BCUT2D eigenvalue weighted by Crippen LogP contribution is 2.32. The fourth-order valence-corrected chi connectivity index (χ4v) is 5.18. The molecule has 0 saturated carbocycles. The lowest BCUT2D eigenvalue weighted by Crippen LogP contribution is -2.33. The lowest BCUT2D eigenvalue weighted by atomic mass is 9.93. The number of carbonyl (C=O) groups is 1. The summed E-state index contributed by atoms with van der Waals surface area (Å²) in [7, 11) is 4.49. The molecule has 0 spiro atoms. The number of methoxy groups -OCH3 is 2. The van der Waals surface area contributed by atoms with Crippen LogP contribution >= 0.6 is 0 Å². The highest BCUT2D eigenvalue weighted by Gasteiger charge is 2.25. The first kappa shape index (κ1) is 29.2. The summed E-state index contributed by atoms with van der Waals surface area (Å²) in [5.74, 6) is 0.591. The molecule has 222 valence electrons. The summed E-state index contributed by atoms with van der Waals surface area (Å²) in [5, 5.41) is 0. The number of piperidine rings is 1. The molecule has 0 unspecified atom stereocenters. The highest BCUT2D eigenvalue weighted by atomic mass is 19.3. The van der Waals surface area contributed by atoms with Crippen molar-refractivity contribution >= 4 is 17.0 Å². The van der Waals surface area contributed by atoms with Crippen LogP contribution in [0.25, 0.3) is 11.0 Å². The van der Waals surface area contributed by atoms with Gasteiger partial charge in [0.2, 0.25) is 5.88 Å². The van der Waals surface area contributed by atoms with Gasteiger partial charge in [0.1, 0.15) is 29.5 Å². The lowest BCUT2D eigenvalue weighted by molar-refractivity contribution is -0.0489. The summed E-state index contributed by atoms with van der Waals surface area (Å²) in [5.41, 5.74) is 2.51. The van der Waals surface area contributed by atoms with Crippen LogP contribution in [0.4, 0.5) is 13.2 Å². The number of pyridine rings is 1. The summed E-state index contributed by atoms with van der Waals surface area (Å²) < 4.78 is 62.1. The van der Waals surface area contributed by atoms with Crippen molar-refractivity contribution in [2.24, 2.45) is 7.05 Å². The van der Waals surface area contributed by atoms with Gasteiger partial charge < -0.3 is 23.5 Å². The molecule has 2 aromatic heterocycles. The van der Waals surface area contributed by atoms with E-state index < -0.39 is 12.6 Å². The van der Waals surface area contributed by atoms with Gasteiger partial charge in [-0.05, 0) is 56.3 Å². The Morgan fingerprint density at radius 1 is 1.05 bits per heavy atom. The van der Waals surface area contributed by atoms with Gasteiger partial charge in [-0.3, -0.25) is 4.90 Å². The highest BCUT2D eigenvalue weighted by molar-refractivity contribution is 5.96. The number of imidazole rings is 1. The van der Waals surface area contributed by atoms with Gasteiger partial charge in [-0.25, -0.2) is 19.2 Å². The number of halogens is 3. The number of ether oxygens (including phenoxy) is 4. The zero-order valence-corrected chi connectivity index (χ0v) is 23.5. The third-order valence-electron chi connectivity index (χ3n) is 7.42. The Morgan fingerprint density at radius 2 is 1.83 bits per heavy atom. The van der Waals surface area contributed by atoms with E-state index in [1.165, 1.54) is 32.4 Å². The molecule has 1 aliphatic rings. The second kappa shape index (κ2) is 12.7. The maximum atomic E-state index is 13.5. The Balaban J connectivity index is 1.24. The Labute approximate surface area is 240 Å². The molecule has 1 fully saturated rings. The molecule has 0 bridgehead atoms. The number of hydrogen-bond donors (Lipinski definition) is 0. The number of hydrogen-bond acceptors (Lipinski definition) is 8. The van der Waals surface area contributed by atoms with Gasteiger partial charge in [-0.15, -0.1) is 0 Å². The van der Waals surface area contributed by atoms with Crippen molar-refractivity contribution in [1.82, 2.24) is 19.4 Å². The van der Waals surface area contributed by atoms with Crippen molar-refractivity contribution in [3.8, 4) is 17.4 Å². The smallest absolute Gasteiger partial charge is 0.387 e. The molecule has 42 heavy (non-hydrogen) atoms. The molecule has 2 aromatic carbocycles. The van der Waals surface area contributed by atoms with Crippen LogP contribution in [0.2, 0.25) is 0 Å². The number of rotatable bonds is 10. The van der Waals surface area contributed by atoms with Gasteiger partial charge in [0.05, 0.1) is 31.8 Å². The van der Waals surface area contributed by atoms with E-state index in [0.717, 1.165) is 37.2 Å². The molecule has 12 heteroatoms. The summed E-state index contributed by atoms with van der Waals surface area (Å²) in [6, 6.07) is 12.8. The van der Waals surface area contributed by atoms with Crippen LogP contribution in [0.1, 0.15) is 46.2 Å². The lowest BCUT2D eigenvalue weighted by Gasteiger charge is -2.31. The number of fused-ring (bicyclic) bond motifs is 1. The number of likely N-dealkylation sites (tertiary alicyclic amines) is 1. The average molecular weight is 585 g/mol. The van der Waals surface area contributed by atoms with Gasteiger partial charge in [-0.1, -0.05) is 6.07 Å². The van der Waals surface area contributed by atoms with E-state index in [2.05, 4.69) is 14.6 Å². The molecular formula is C30H31F3N4O5. The summed E-state index contributed by atoms with van der Waals surface area (Å²) in [6.07, 6.45) is 1.72. The molecular weight excluding hydrogens is 553 g/mol. The number of esters is 1. The fourth-order valence-electron chi connectivity index (χ4n) is 5.18. The third-order valence-corrected chi connectivity index (χ3v) is 7.42. The molecule has 0 amide bonds. The van der Waals surface area contributed by atoms with E-state index in [1.807, 2.05) is 12.1 Å². The SMILES string of the molecule is COC(=O)c1cc(OC(F)F)c2nc(CN3CCC(c4cccc(OCc5ccc(F)cc5OC)n4)CC3)n(C)c2c1. The molecule has 0 atom stereocenters. The summed E-state index contributed by atoms with van der Waals surface area (Å²) in [6.45, 7) is -0.812. The van der Waals surface area contributed by atoms with Crippen LogP contribution in [0.3, 0.4) is 0 Å². The summed E-state index contributed by atoms with van der Waals surface area (Å²) >= 11 is 0. The van der Waals surface area contributed by atoms with Crippen molar-refractivity contribution in [3.05, 3.63) is 77.0 Å². The van der Waals surface area contributed by atoms with E-state index in [1.54, 1.807) is 29.8 Å². The van der Waals surface area contributed by atoms with Gasteiger partial charge in [-0.2, -0.15) is 8.78 Å². The molecule has 9 nitrogen and oxygen atoms in total. The average Bonchev–Trinajstić information content (AvgIpc) is 3.31. The van der Waals surface area contributed by atoms with Gasteiger partial charge in [0, 0.05) is 36.4 Å². The first-order valence-corrected chi connectivity index (χ1v) is 13.4. The van der Waals surface area contributed by atoms with Crippen molar-refractivity contribution in [2.75, 3.05) is 27.3 Å². The van der Waals surface area contributed by atoms with Crippen molar-refractivity contribution in [2.45, 2.75) is 38.5 Å². The Morgan fingerprint density at radius 3 is 2.55 bits per heavy atom. The van der Waals surface area contributed by atoms with E-state index in [9.17, 15) is 18.0 Å². The van der Waals surface area contributed by atoms with Crippen LogP contribution in [0.15, 0.2) is 48.5 Å². The zero-order chi connectivity index (χ0) is 29.8. The minimum Gasteiger partial charge on any atom is -0.496 e. The maximum absolute atomic E-state index is 13.5. The normalized spacial score (nSPS) is 14.4. The quantitative estimate of drug-likeness (QED) is 0.227. The van der Waals surface area contributed by atoms with Gasteiger partial charge in [0.15, 0.2) is 5.75 Å². The molecule has 1 saturated heterocycles. The number of alkyl halides is 2. The third kappa shape index (κ3) is 6.43. The topological polar surface area (TPSA) is 87.9 Å². The number of aryl methyl sites for hydroxylation is 1. The molecule has 4 aromatic rings. The second-order valence-corrected chi connectivity index (χ2v) is 10.00. The number of carbonyl (C=O) groups excluding carboxylic acids is 1. The van der Waals surface area contributed by atoms with Crippen molar-refractivity contribution < 1.29 is 36.9 Å². The maximum Gasteiger partial charge on any atom is 0.387 e. The molecule has 5 rings (SSSR count). The van der Waals surface area contributed by atoms with Crippen LogP contribution in [0, 0.1) is 5.82 Å². The van der Waals surface area contributed by atoms with E-state index in [0.29, 0.717) is 29.5 Å². The van der Waals surface area contributed by atoms with E-state index >= 15 is 0 Å². The monoisotopic (exact) mass is 584 g/mol. The molecule has 0 aliphatic carbocycles. The Hall–Kier alpha value is -4.32. The van der Waals surface area contributed by atoms with Crippen LogP contribution in [-0.2, 0) is 24.9 Å². The minimum atomic E-state index is -3.06. The Kier molecular flexibility index (Phi) is 8.81. The number of nitrogens with zero attached hydrogens (tertiary/aromatic N) is 4. The predicted molar refractivity (Wildman–Crippen MR) is 147 cm³/mol.